The van der Waals surface area contributed by atoms with Gasteiger partial charge in [-0.15, -0.1) is 0 Å². The Kier molecular flexibility index (Phi) is 5.92. The van der Waals surface area contributed by atoms with E-state index in [0.717, 1.165) is 44.9 Å². The Bertz CT molecular complexity index is 419. The van der Waals surface area contributed by atoms with Crippen molar-refractivity contribution in [2.45, 2.75) is 51.2 Å². The Morgan fingerprint density at radius 3 is 2.85 bits per heavy atom. The van der Waals surface area contributed by atoms with Crippen LogP contribution in [0, 0.1) is 11.6 Å². The molecule has 1 heterocycles. The topological polar surface area (TPSA) is 21.3 Å². The zero-order chi connectivity index (χ0) is 14.4. The molecule has 2 nitrogen and oxygen atoms in total. The van der Waals surface area contributed by atoms with Gasteiger partial charge < -0.3 is 10.1 Å². The average Bonchev–Trinajstić information content (AvgIpc) is 2.45. The molecule has 1 aromatic carbocycles. The van der Waals surface area contributed by atoms with Crippen LogP contribution < -0.4 is 5.32 Å². The average molecular weight is 283 g/mol. The summed E-state index contributed by atoms with van der Waals surface area (Å²) >= 11 is 0. The van der Waals surface area contributed by atoms with Crippen molar-refractivity contribution in [3.63, 3.8) is 0 Å². The molecule has 4 heteroatoms. The van der Waals surface area contributed by atoms with Crippen molar-refractivity contribution in [2.24, 2.45) is 0 Å². The number of benzene rings is 1. The molecule has 2 unspecified atom stereocenters. The molecule has 2 rings (SSSR count). The van der Waals surface area contributed by atoms with Crippen LogP contribution in [0.5, 0.6) is 0 Å². The molecule has 1 saturated heterocycles. The summed E-state index contributed by atoms with van der Waals surface area (Å²) in [7, 11) is 0. The third-order valence-corrected chi connectivity index (χ3v) is 3.84. The number of hydrogen-bond acceptors (Lipinski definition) is 2. The lowest BCUT2D eigenvalue weighted by atomic mass is 9.97. The number of nitrogens with one attached hydrogen (secondary N) is 1. The lowest BCUT2D eigenvalue weighted by molar-refractivity contribution is 0.00851. The van der Waals surface area contributed by atoms with Crippen molar-refractivity contribution in [3.05, 3.63) is 35.4 Å². The Morgan fingerprint density at radius 1 is 1.35 bits per heavy atom. The van der Waals surface area contributed by atoms with E-state index < -0.39 is 11.6 Å². The first-order valence-electron chi connectivity index (χ1n) is 7.50. The molecule has 1 aliphatic rings. The molecule has 2 atom stereocenters. The summed E-state index contributed by atoms with van der Waals surface area (Å²) in [5.74, 6) is -1.00. The molecule has 1 aliphatic heterocycles. The number of halogens is 2. The summed E-state index contributed by atoms with van der Waals surface area (Å²) in [5.41, 5.74) is 0.545. The predicted molar refractivity (Wildman–Crippen MR) is 75.6 cm³/mol. The van der Waals surface area contributed by atoms with E-state index in [1.54, 1.807) is 6.07 Å². The van der Waals surface area contributed by atoms with Crippen LogP contribution in [-0.4, -0.2) is 19.3 Å². The Morgan fingerprint density at radius 2 is 2.20 bits per heavy atom. The summed E-state index contributed by atoms with van der Waals surface area (Å²) in [6.07, 6.45) is 5.44. The zero-order valence-electron chi connectivity index (χ0n) is 12.0. The van der Waals surface area contributed by atoms with Crippen LogP contribution in [0.1, 0.15) is 50.6 Å². The molecule has 0 saturated carbocycles. The van der Waals surface area contributed by atoms with Gasteiger partial charge in [0.2, 0.25) is 0 Å². The summed E-state index contributed by atoms with van der Waals surface area (Å²) < 4.78 is 32.6. The summed E-state index contributed by atoms with van der Waals surface area (Å²) in [4.78, 5) is 0. The van der Waals surface area contributed by atoms with Crippen molar-refractivity contribution in [1.29, 1.82) is 0 Å². The first kappa shape index (κ1) is 15.4. The van der Waals surface area contributed by atoms with Crippen molar-refractivity contribution in [2.75, 3.05) is 13.2 Å². The highest BCUT2D eigenvalue weighted by atomic mass is 19.1. The van der Waals surface area contributed by atoms with Gasteiger partial charge in [-0.05, 0) is 44.7 Å². The second-order valence-corrected chi connectivity index (χ2v) is 5.34. The molecule has 0 spiro atoms. The van der Waals surface area contributed by atoms with E-state index in [2.05, 4.69) is 5.32 Å². The van der Waals surface area contributed by atoms with Gasteiger partial charge in [-0.3, -0.25) is 0 Å². The van der Waals surface area contributed by atoms with Gasteiger partial charge in [0.15, 0.2) is 0 Å². The standard InChI is InChI=1S/C16H23F2NO/c1-2-19-16(9-7-13-5-3-4-10-20-13)14-8-6-12(17)11-15(14)18/h6,8,11,13,16,19H,2-5,7,9-10H2,1H3. The minimum absolute atomic E-state index is 0.0777. The van der Waals surface area contributed by atoms with Crippen LogP contribution in [-0.2, 0) is 4.74 Å². The zero-order valence-corrected chi connectivity index (χ0v) is 12.0. The van der Waals surface area contributed by atoms with E-state index >= 15 is 0 Å². The predicted octanol–water partition coefficient (Wildman–Crippen LogP) is 3.96. The van der Waals surface area contributed by atoms with Crippen LogP contribution in [0.3, 0.4) is 0 Å². The van der Waals surface area contributed by atoms with Crippen molar-refractivity contribution in [1.82, 2.24) is 5.32 Å². The summed E-state index contributed by atoms with van der Waals surface area (Å²) in [6.45, 7) is 3.58. The SMILES string of the molecule is CCNC(CCC1CCCCO1)c1ccc(F)cc1F. The molecule has 0 aromatic heterocycles. The van der Waals surface area contributed by atoms with E-state index in [9.17, 15) is 8.78 Å². The lowest BCUT2D eigenvalue weighted by Crippen LogP contribution is -2.25. The van der Waals surface area contributed by atoms with Gasteiger partial charge in [0.05, 0.1) is 6.10 Å². The first-order valence-corrected chi connectivity index (χ1v) is 7.50. The lowest BCUT2D eigenvalue weighted by Gasteiger charge is -2.25. The molecule has 0 aliphatic carbocycles. The largest absolute Gasteiger partial charge is 0.378 e. The fraction of sp³-hybridized carbons (Fsp3) is 0.625. The maximum Gasteiger partial charge on any atom is 0.130 e. The number of hydrogen-bond donors (Lipinski definition) is 1. The minimum Gasteiger partial charge on any atom is -0.378 e. The van der Waals surface area contributed by atoms with E-state index in [-0.39, 0.29) is 12.1 Å². The van der Waals surface area contributed by atoms with E-state index in [0.29, 0.717) is 5.56 Å². The van der Waals surface area contributed by atoms with Gasteiger partial charge in [-0.2, -0.15) is 0 Å². The van der Waals surface area contributed by atoms with Crippen molar-refractivity contribution >= 4 is 0 Å². The highest BCUT2D eigenvalue weighted by molar-refractivity contribution is 5.22. The number of rotatable bonds is 6. The number of ether oxygens (including phenoxy) is 1. The van der Waals surface area contributed by atoms with Gasteiger partial charge >= 0.3 is 0 Å². The monoisotopic (exact) mass is 283 g/mol. The van der Waals surface area contributed by atoms with Crippen molar-refractivity contribution < 1.29 is 13.5 Å². The molecule has 112 valence electrons. The summed E-state index contributed by atoms with van der Waals surface area (Å²) in [6, 6.07) is 3.74. The van der Waals surface area contributed by atoms with Gasteiger partial charge in [0.1, 0.15) is 11.6 Å². The molecular formula is C16H23F2NO. The molecule has 1 aromatic rings. The minimum atomic E-state index is -0.530. The normalized spacial score (nSPS) is 20.9. The highest BCUT2D eigenvalue weighted by Gasteiger charge is 2.19. The van der Waals surface area contributed by atoms with Crippen LogP contribution >= 0.6 is 0 Å². The fourth-order valence-electron chi connectivity index (χ4n) is 2.79. The van der Waals surface area contributed by atoms with Gasteiger partial charge in [0.25, 0.3) is 0 Å². The Balaban J connectivity index is 1.98. The van der Waals surface area contributed by atoms with Crippen LogP contribution in [0.15, 0.2) is 18.2 Å². The van der Waals surface area contributed by atoms with Crippen LogP contribution in [0.4, 0.5) is 8.78 Å². The van der Waals surface area contributed by atoms with E-state index in [4.69, 9.17) is 4.74 Å². The quantitative estimate of drug-likeness (QED) is 0.853. The smallest absolute Gasteiger partial charge is 0.130 e. The Labute approximate surface area is 119 Å². The van der Waals surface area contributed by atoms with Gasteiger partial charge in [0, 0.05) is 24.3 Å². The Hall–Kier alpha value is -1.00. The highest BCUT2D eigenvalue weighted by Crippen LogP contribution is 2.26. The second kappa shape index (κ2) is 7.70. The first-order chi connectivity index (χ1) is 9.70. The molecule has 0 bridgehead atoms. The third-order valence-electron chi connectivity index (χ3n) is 3.84. The molecule has 0 radical (unpaired) electrons. The van der Waals surface area contributed by atoms with Crippen LogP contribution in [0.25, 0.3) is 0 Å². The maximum absolute atomic E-state index is 13.9. The molecule has 1 fully saturated rings. The van der Waals surface area contributed by atoms with E-state index in [1.165, 1.54) is 12.5 Å². The fourth-order valence-corrected chi connectivity index (χ4v) is 2.79. The summed E-state index contributed by atoms with van der Waals surface area (Å²) in [5, 5.41) is 3.28. The van der Waals surface area contributed by atoms with Crippen LogP contribution in [0.2, 0.25) is 0 Å². The van der Waals surface area contributed by atoms with Gasteiger partial charge in [-0.1, -0.05) is 13.0 Å². The molecule has 0 amide bonds. The third kappa shape index (κ3) is 4.25. The van der Waals surface area contributed by atoms with E-state index in [1.807, 2.05) is 6.92 Å². The maximum atomic E-state index is 13.9. The van der Waals surface area contributed by atoms with Crippen molar-refractivity contribution in [3.8, 4) is 0 Å². The van der Waals surface area contributed by atoms with Gasteiger partial charge in [-0.25, -0.2) is 8.78 Å². The molecule has 1 N–H and O–H groups in total. The second-order valence-electron chi connectivity index (χ2n) is 5.34. The molecule has 20 heavy (non-hydrogen) atoms. The molecular weight excluding hydrogens is 260 g/mol.